The predicted molar refractivity (Wildman–Crippen MR) is 260 cm³/mol. The summed E-state index contributed by atoms with van der Waals surface area (Å²) < 4.78 is 14.3. The maximum atomic E-state index is 14.7. The summed E-state index contributed by atoms with van der Waals surface area (Å²) in [7, 11) is 7.23. The van der Waals surface area contributed by atoms with Crippen LogP contribution in [0, 0.1) is 17.3 Å². The fourth-order valence-electron chi connectivity index (χ4n) is 10.2. The molecular formula is C52H68N8O8. The lowest BCUT2D eigenvalue weighted by Crippen LogP contribution is -2.62. The zero-order valence-corrected chi connectivity index (χ0v) is 41.1. The van der Waals surface area contributed by atoms with E-state index < -0.39 is 47.2 Å². The van der Waals surface area contributed by atoms with Crippen molar-refractivity contribution in [2.24, 2.45) is 17.3 Å². The van der Waals surface area contributed by atoms with Gasteiger partial charge >= 0.3 is 5.97 Å². The normalized spacial score (nSPS) is 20.2. The molecule has 16 nitrogen and oxygen atoms in total. The molecule has 364 valence electrons. The van der Waals surface area contributed by atoms with Crippen LogP contribution in [0.1, 0.15) is 70.6 Å². The van der Waals surface area contributed by atoms with Crippen LogP contribution in [0.3, 0.4) is 0 Å². The van der Waals surface area contributed by atoms with Crippen LogP contribution in [0.15, 0.2) is 61.3 Å². The van der Waals surface area contributed by atoms with E-state index in [-0.39, 0.29) is 49.6 Å². The van der Waals surface area contributed by atoms with Gasteiger partial charge in [-0.15, -0.1) is 0 Å². The summed E-state index contributed by atoms with van der Waals surface area (Å²) in [6.07, 6.45) is 4.95. The van der Waals surface area contributed by atoms with Gasteiger partial charge in [0.1, 0.15) is 23.9 Å². The number of nitrogens with one attached hydrogen (secondary N) is 2. The average molecular weight is 933 g/mol. The van der Waals surface area contributed by atoms with Crippen LogP contribution in [0.4, 0.5) is 0 Å². The minimum Gasteiger partial charge on any atom is -0.508 e. The van der Waals surface area contributed by atoms with Gasteiger partial charge in [0.15, 0.2) is 0 Å². The van der Waals surface area contributed by atoms with Crippen LogP contribution in [0.5, 0.6) is 11.6 Å². The molecule has 16 heteroatoms. The number of esters is 1. The van der Waals surface area contributed by atoms with Crippen LogP contribution in [0.25, 0.3) is 33.3 Å². The van der Waals surface area contributed by atoms with Gasteiger partial charge in [-0.2, -0.15) is 0 Å². The first-order valence-corrected chi connectivity index (χ1v) is 23.7. The lowest BCUT2D eigenvalue weighted by Gasteiger charge is -2.37. The molecule has 2 saturated heterocycles. The van der Waals surface area contributed by atoms with Gasteiger partial charge in [-0.3, -0.25) is 29.0 Å². The highest BCUT2D eigenvalue weighted by molar-refractivity contribution is 5.96. The smallest absolute Gasteiger partial charge is 0.324 e. The molecule has 4 amide bonds. The molecule has 68 heavy (non-hydrogen) atoms. The monoisotopic (exact) mass is 933 g/mol. The number of hydrazine groups is 1. The molecule has 7 rings (SSSR count). The number of likely N-dealkylation sites (N-methyl/N-ethyl adjacent to an activating group) is 1. The number of carbonyl (C=O) groups is 5. The number of benzene rings is 2. The maximum absolute atomic E-state index is 14.7. The lowest BCUT2D eigenvalue weighted by atomic mass is 9.84. The molecule has 5 heterocycles. The number of amides is 4. The molecule has 0 radical (unpaired) electrons. The Morgan fingerprint density at radius 1 is 1.07 bits per heavy atom. The van der Waals surface area contributed by atoms with E-state index >= 15 is 0 Å². The zero-order valence-electron chi connectivity index (χ0n) is 41.1. The van der Waals surface area contributed by atoms with Crippen LogP contribution >= 0.6 is 0 Å². The Hall–Kier alpha value is -6.26. The first-order chi connectivity index (χ1) is 32.3. The molecule has 4 aromatic rings. The Kier molecular flexibility index (Phi) is 15.0. The van der Waals surface area contributed by atoms with Gasteiger partial charge in [0.2, 0.25) is 23.6 Å². The Bertz CT molecular complexity index is 2580. The quantitative estimate of drug-likeness (QED) is 0.131. The van der Waals surface area contributed by atoms with E-state index in [1.807, 2.05) is 46.3 Å². The van der Waals surface area contributed by atoms with Crippen molar-refractivity contribution in [3.63, 3.8) is 0 Å². The predicted octanol–water partition coefficient (Wildman–Crippen LogP) is 5.33. The van der Waals surface area contributed by atoms with Crippen molar-refractivity contribution < 1.29 is 38.6 Å². The molecule has 3 aliphatic heterocycles. The second-order valence-corrected chi connectivity index (χ2v) is 20.0. The van der Waals surface area contributed by atoms with Gasteiger partial charge in [0.25, 0.3) is 5.91 Å². The van der Waals surface area contributed by atoms with Crippen molar-refractivity contribution in [2.75, 3.05) is 54.5 Å². The average Bonchev–Trinajstić information content (AvgIpc) is 3.92. The van der Waals surface area contributed by atoms with Crippen molar-refractivity contribution >= 4 is 40.5 Å². The molecular weight excluding hydrogens is 865 g/mol. The number of aromatic nitrogens is 2. The third-order valence-electron chi connectivity index (χ3n) is 13.4. The van der Waals surface area contributed by atoms with E-state index in [4.69, 9.17) is 14.5 Å². The Morgan fingerprint density at radius 3 is 2.53 bits per heavy atom. The number of aryl methyl sites for hydroxylation is 1. The number of likely N-dealkylation sites (tertiary alicyclic amines) is 1. The fourth-order valence-corrected chi connectivity index (χ4v) is 10.2. The van der Waals surface area contributed by atoms with Crippen LogP contribution < -0.4 is 15.5 Å². The van der Waals surface area contributed by atoms with Gasteiger partial charge in [0.05, 0.1) is 30.9 Å². The molecule has 2 aromatic carbocycles. The molecule has 1 unspecified atom stereocenters. The van der Waals surface area contributed by atoms with Crippen LogP contribution in [0.2, 0.25) is 0 Å². The number of hydrogen-bond donors (Lipinski definition) is 3. The standard InChI is InChI=1S/C52H68N8O8/c1-11-44(62)58-19-17-35(29-58)49(64)57(9)45(31(3)4)47(63)54-42-23-32-20-36(24-37(61)21-32)34-15-16-43-38(25-34)40(26-52(5,6)30-68-51(66)41-14-13-18-60(55-41)50(42)65)46(59(43)12-2)39-22-33(28-56(7)8)27-53-48(39)67-10/h11,15-16,20-22,24-25,27,31,35,41-42,45,55,61H,1,12-14,17-19,23,26,28-30H2,2-10H3,(H,54,63)/t35-,41-,42-,45?/m0/s1. The van der Waals surface area contributed by atoms with Crippen molar-refractivity contribution in [3.8, 4) is 34.0 Å². The number of pyridine rings is 1. The molecule has 3 aliphatic rings. The summed E-state index contributed by atoms with van der Waals surface area (Å²) in [5.74, 6) is -2.40. The van der Waals surface area contributed by atoms with Gasteiger partial charge in [-0.1, -0.05) is 46.4 Å². The maximum Gasteiger partial charge on any atom is 0.324 e. The number of hydrogen-bond acceptors (Lipinski definition) is 11. The number of methoxy groups -OCH3 is 1. The minimum absolute atomic E-state index is 0.0167. The third-order valence-corrected chi connectivity index (χ3v) is 13.4. The number of phenolic OH excluding ortho intramolecular Hbond substituents is 1. The molecule has 2 aromatic heterocycles. The topological polar surface area (TPSA) is 179 Å². The second kappa shape index (κ2) is 20.5. The van der Waals surface area contributed by atoms with Crippen molar-refractivity contribution in [1.82, 2.24) is 40.0 Å². The summed E-state index contributed by atoms with van der Waals surface area (Å²) in [6.45, 7) is 15.8. The number of phenols is 1. The Balaban J connectivity index is 1.32. The van der Waals surface area contributed by atoms with Gasteiger partial charge < -0.3 is 39.2 Å². The summed E-state index contributed by atoms with van der Waals surface area (Å²) in [5.41, 5.74) is 9.51. The number of cyclic esters (lactones) is 1. The van der Waals surface area contributed by atoms with E-state index in [2.05, 4.69) is 65.8 Å². The summed E-state index contributed by atoms with van der Waals surface area (Å²) in [6, 6.07) is 10.6. The van der Waals surface area contributed by atoms with Crippen molar-refractivity contribution in [1.29, 1.82) is 0 Å². The fraction of sp³-hybridized carbons (Fsp3) is 0.500. The Morgan fingerprint density at radius 2 is 1.84 bits per heavy atom. The number of fused-ring (bicyclic) bond motifs is 6. The first-order valence-electron chi connectivity index (χ1n) is 23.7. The second-order valence-electron chi connectivity index (χ2n) is 20.0. The summed E-state index contributed by atoms with van der Waals surface area (Å²) in [4.78, 5) is 79.4. The highest BCUT2D eigenvalue weighted by Gasteiger charge is 2.40. The van der Waals surface area contributed by atoms with Crippen LogP contribution in [-0.2, 0) is 54.6 Å². The number of nitrogens with zero attached hydrogens (tertiary/aromatic N) is 6. The summed E-state index contributed by atoms with van der Waals surface area (Å²) in [5, 5.41) is 16.7. The van der Waals surface area contributed by atoms with Gasteiger partial charge in [0, 0.05) is 68.7 Å². The summed E-state index contributed by atoms with van der Waals surface area (Å²) >= 11 is 0. The van der Waals surface area contributed by atoms with E-state index in [9.17, 15) is 29.1 Å². The lowest BCUT2D eigenvalue weighted by molar-refractivity contribution is -0.155. The SMILES string of the molecule is C=CC(=O)N1CC[C@H](C(=O)N(C)C(C(=O)N[C@H]2Cc3cc(O)cc(c3)-c3ccc4c(c3)c(c(-c3cc(CN(C)C)cnc3OC)n4CC)CC(C)(C)COC(=O)[C@@H]3CCCN(N3)C2=O)C(C)C)C1. The van der Waals surface area contributed by atoms with E-state index in [0.29, 0.717) is 62.3 Å². The van der Waals surface area contributed by atoms with E-state index in [0.717, 1.165) is 38.9 Å². The van der Waals surface area contributed by atoms with Crippen LogP contribution in [-0.4, -0.2) is 137 Å². The molecule has 6 bridgehead atoms. The van der Waals surface area contributed by atoms with E-state index in [1.165, 1.54) is 16.0 Å². The highest BCUT2D eigenvalue weighted by Crippen LogP contribution is 2.43. The number of aromatic hydroxyl groups is 1. The van der Waals surface area contributed by atoms with Crippen molar-refractivity contribution in [3.05, 3.63) is 78.0 Å². The molecule has 0 spiro atoms. The third kappa shape index (κ3) is 10.6. The molecule has 2 fully saturated rings. The number of carbonyl (C=O) groups excluding carboxylic acids is 5. The van der Waals surface area contributed by atoms with Gasteiger partial charge in [-0.05, 0) is 117 Å². The molecule has 0 aliphatic carbocycles. The van der Waals surface area contributed by atoms with E-state index in [1.54, 1.807) is 31.2 Å². The zero-order chi connectivity index (χ0) is 49.2. The molecule has 0 saturated carbocycles. The number of rotatable bonds is 11. The minimum atomic E-state index is -1.17. The Labute approximate surface area is 399 Å². The largest absolute Gasteiger partial charge is 0.508 e. The highest BCUT2D eigenvalue weighted by atomic mass is 16.5. The van der Waals surface area contributed by atoms with Gasteiger partial charge in [-0.25, -0.2) is 10.4 Å². The first kappa shape index (κ1) is 49.6. The van der Waals surface area contributed by atoms with Crippen molar-refractivity contribution in [2.45, 2.75) is 97.9 Å². The molecule has 3 N–H and O–H groups in total. The molecule has 4 atom stereocenters. The number of ether oxygens (including phenoxy) is 2.